The fourth-order valence-corrected chi connectivity index (χ4v) is 2.94. The molecule has 1 aromatic carbocycles. The van der Waals surface area contributed by atoms with Crippen molar-refractivity contribution in [3.8, 4) is 0 Å². The minimum absolute atomic E-state index is 0.350. The molecule has 0 aliphatic heterocycles. The molecule has 1 heterocycles. The van der Waals surface area contributed by atoms with E-state index in [-0.39, 0.29) is 0 Å². The van der Waals surface area contributed by atoms with Crippen LogP contribution in [0.4, 0.5) is 0 Å². The van der Waals surface area contributed by atoms with Gasteiger partial charge < -0.3 is 9.73 Å². The summed E-state index contributed by atoms with van der Waals surface area (Å²) in [7, 11) is 0. The molecule has 0 saturated heterocycles. The van der Waals surface area contributed by atoms with E-state index in [1.807, 2.05) is 0 Å². The van der Waals surface area contributed by atoms with Crippen LogP contribution in [-0.4, -0.2) is 6.54 Å². The van der Waals surface area contributed by atoms with E-state index in [0.717, 1.165) is 24.3 Å². The number of rotatable bonds is 9. The third-order valence-corrected chi connectivity index (χ3v) is 4.15. The van der Waals surface area contributed by atoms with Gasteiger partial charge in [0.2, 0.25) is 0 Å². The van der Waals surface area contributed by atoms with E-state index in [1.54, 1.807) is 0 Å². The maximum atomic E-state index is 6.13. The Kier molecular flexibility index (Phi) is 6.31. The molecule has 1 N–H and O–H groups in total. The SMILES string of the molecule is CCCCCCCC(NCC)c1cc2cccc(C)c2o1. The summed E-state index contributed by atoms with van der Waals surface area (Å²) in [5, 5.41) is 4.80. The molecule has 21 heavy (non-hydrogen) atoms. The molecule has 0 aliphatic rings. The fraction of sp³-hybridized carbons (Fsp3) is 0.579. The Balaban J connectivity index is 2.03. The van der Waals surface area contributed by atoms with Gasteiger partial charge in [-0.25, -0.2) is 0 Å². The van der Waals surface area contributed by atoms with Gasteiger partial charge in [-0.3, -0.25) is 0 Å². The Morgan fingerprint density at radius 2 is 1.90 bits per heavy atom. The van der Waals surface area contributed by atoms with Crippen molar-refractivity contribution in [1.29, 1.82) is 0 Å². The molecule has 0 bridgehead atoms. The molecule has 0 aliphatic carbocycles. The number of fused-ring (bicyclic) bond motifs is 1. The highest BCUT2D eigenvalue weighted by molar-refractivity contribution is 5.80. The first-order valence-electron chi connectivity index (χ1n) is 8.48. The molecule has 0 fully saturated rings. The van der Waals surface area contributed by atoms with Crippen molar-refractivity contribution in [2.45, 2.75) is 65.3 Å². The second-order valence-electron chi connectivity index (χ2n) is 5.96. The Morgan fingerprint density at radius 3 is 2.62 bits per heavy atom. The van der Waals surface area contributed by atoms with E-state index in [1.165, 1.54) is 43.1 Å². The van der Waals surface area contributed by atoms with Crippen LogP contribution in [-0.2, 0) is 0 Å². The smallest absolute Gasteiger partial charge is 0.137 e. The number of hydrogen-bond donors (Lipinski definition) is 1. The van der Waals surface area contributed by atoms with Crippen LogP contribution < -0.4 is 5.32 Å². The van der Waals surface area contributed by atoms with E-state index >= 15 is 0 Å². The average molecular weight is 287 g/mol. The summed E-state index contributed by atoms with van der Waals surface area (Å²) < 4.78 is 6.13. The molecule has 0 saturated carbocycles. The predicted molar refractivity (Wildman–Crippen MR) is 90.7 cm³/mol. The Labute approximate surface area is 128 Å². The lowest BCUT2D eigenvalue weighted by Gasteiger charge is -2.15. The Bertz CT molecular complexity index is 543. The number of furan rings is 1. The number of benzene rings is 1. The second-order valence-corrected chi connectivity index (χ2v) is 5.96. The fourth-order valence-electron chi connectivity index (χ4n) is 2.94. The van der Waals surface area contributed by atoms with Crippen molar-refractivity contribution in [2.24, 2.45) is 0 Å². The molecule has 2 aromatic rings. The van der Waals surface area contributed by atoms with Crippen LogP contribution in [0.25, 0.3) is 11.0 Å². The largest absolute Gasteiger partial charge is 0.459 e. The summed E-state index contributed by atoms with van der Waals surface area (Å²) in [5.74, 6) is 1.09. The van der Waals surface area contributed by atoms with Gasteiger partial charge in [0.05, 0.1) is 6.04 Å². The van der Waals surface area contributed by atoms with Gasteiger partial charge in [0.25, 0.3) is 0 Å². The van der Waals surface area contributed by atoms with Gasteiger partial charge in [-0.1, -0.05) is 64.2 Å². The molecule has 1 aromatic heterocycles. The van der Waals surface area contributed by atoms with Gasteiger partial charge in [0, 0.05) is 5.39 Å². The van der Waals surface area contributed by atoms with Crippen molar-refractivity contribution in [2.75, 3.05) is 6.54 Å². The number of aryl methyl sites for hydroxylation is 1. The third-order valence-electron chi connectivity index (χ3n) is 4.15. The summed E-state index contributed by atoms with van der Waals surface area (Å²) in [4.78, 5) is 0. The van der Waals surface area contributed by atoms with Crippen molar-refractivity contribution < 1.29 is 4.42 Å². The summed E-state index contributed by atoms with van der Waals surface area (Å²) in [6.45, 7) is 7.52. The normalized spacial score (nSPS) is 12.9. The minimum atomic E-state index is 0.350. The lowest BCUT2D eigenvalue weighted by atomic mass is 10.0. The van der Waals surface area contributed by atoms with Gasteiger partial charge >= 0.3 is 0 Å². The number of unbranched alkanes of at least 4 members (excludes halogenated alkanes) is 4. The summed E-state index contributed by atoms with van der Waals surface area (Å²) in [5.41, 5.74) is 2.26. The van der Waals surface area contributed by atoms with Crippen molar-refractivity contribution in [3.05, 3.63) is 35.6 Å². The van der Waals surface area contributed by atoms with Crippen LogP contribution in [0.5, 0.6) is 0 Å². The second kappa shape index (κ2) is 8.23. The molecule has 2 heteroatoms. The van der Waals surface area contributed by atoms with Gasteiger partial charge in [0.15, 0.2) is 0 Å². The highest BCUT2D eigenvalue weighted by Crippen LogP contribution is 2.29. The van der Waals surface area contributed by atoms with Crippen LogP contribution in [0.15, 0.2) is 28.7 Å². The Hall–Kier alpha value is -1.28. The van der Waals surface area contributed by atoms with E-state index in [9.17, 15) is 0 Å². The van der Waals surface area contributed by atoms with Crippen LogP contribution in [0.3, 0.4) is 0 Å². The van der Waals surface area contributed by atoms with Crippen molar-refractivity contribution >= 4 is 11.0 Å². The van der Waals surface area contributed by atoms with Gasteiger partial charge in [-0.05, 0) is 31.5 Å². The van der Waals surface area contributed by atoms with E-state index in [4.69, 9.17) is 4.42 Å². The van der Waals surface area contributed by atoms with E-state index < -0.39 is 0 Å². The van der Waals surface area contributed by atoms with Gasteiger partial charge in [0.1, 0.15) is 11.3 Å². The van der Waals surface area contributed by atoms with Crippen molar-refractivity contribution in [3.63, 3.8) is 0 Å². The molecule has 0 spiro atoms. The molecule has 1 unspecified atom stereocenters. The maximum absolute atomic E-state index is 6.13. The summed E-state index contributed by atoms with van der Waals surface area (Å²) >= 11 is 0. The monoisotopic (exact) mass is 287 g/mol. The predicted octanol–water partition coefficient (Wildman–Crippen LogP) is 5.75. The third kappa shape index (κ3) is 4.34. The maximum Gasteiger partial charge on any atom is 0.137 e. The lowest BCUT2D eigenvalue weighted by Crippen LogP contribution is -2.20. The van der Waals surface area contributed by atoms with E-state index in [0.29, 0.717) is 6.04 Å². The molecular formula is C19H29NO. The lowest BCUT2D eigenvalue weighted by molar-refractivity contribution is 0.402. The number of hydrogen-bond acceptors (Lipinski definition) is 2. The molecule has 116 valence electrons. The zero-order valence-electron chi connectivity index (χ0n) is 13.7. The molecular weight excluding hydrogens is 258 g/mol. The van der Waals surface area contributed by atoms with Gasteiger partial charge in [-0.2, -0.15) is 0 Å². The topological polar surface area (TPSA) is 25.2 Å². The first-order chi connectivity index (χ1) is 10.3. The first kappa shape index (κ1) is 16.1. The van der Waals surface area contributed by atoms with Crippen LogP contribution >= 0.6 is 0 Å². The molecule has 2 nitrogen and oxygen atoms in total. The number of para-hydroxylation sites is 1. The van der Waals surface area contributed by atoms with Crippen LogP contribution in [0.1, 0.15) is 69.7 Å². The zero-order valence-corrected chi connectivity index (χ0v) is 13.7. The highest BCUT2D eigenvalue weighted by atomic mass is 16.3. The molecule has 0 amide bonds. The highest BCUT2D eigenvalue weighted by Gasteiger charge is 2.15. The quantitative estimate of drug-likeness (QED) is 0.594. The summed E-state index contributed by atoms with van der Waals surface area (Å²) in [6, 6.07) is 8.91. The summed E-state index contributed by atoms with van der Waals surface area (Å²) in [6.07, 6.45) is 7.78. The standard InChI is InChI=1S/C19H29NO/c1-4-6-7-8-9-13-17(20-5-2)18-14-16-12-10-11-15(3)19(16)21-18/h10-12,14,17,20H,4-9,13H2,1-3H3. The molecule has 1 atom stereocenters. The first-order valence-corrected chi connectivity index (χ1v) is 8.48. The molecule has 2 rings (SSSR count). The average Bonchev–Trinajstić information content (AvgIpc) is 2.91. The minimum Gasteiger partial charge on any atom is -0.459 e. The van der Waals surface area contributed by atoms with E-state index in [2.05, 4.69) is 50.4 Å². The zero-order chi connectivity index (χ0) is 15.1. The Morgan fingerprint density at radius 1 is 1.10 bits per heavy atom. The van der Waals surface area contributed by atoms with Crippen LogP contribution in [0.2, 0.25) is 0 Å². The van der Waals surface area contributed by atoms with Crippen molar-refractivity contribution in [1.82, 2.24) is 5.32 Å². The molecule has 0 radical (unpaired) electrons. The van der Waals surface area contributed by atoms with Crippen LogP contribution in [0, 0.1) is 6.92 Å². The number of nitrogens with one attached hydrogen (secondary N) is 1. The van der Waals surface area contributed by atoms with Gasteiger partial charge in [-0.15, -0.1) is 0 Å².